The number of carbonyl (C=O) groups is 1. The first kappa shape index (κ1) is 13.0. The van der Waals surface area contributed by atoms with Crippen molar-refractivity contribution in [2.24, 2.45) is 0 Å². The summed E-state index contributed by atoms with van der Waals surface area (Å²) in [5, 5.41) is 27.9. The van der Waals surface area contributed by atoms with Crippen LogP contribution in [0.2, 0.25) is 0 Å². The lowest BCUT2D eigenvalue weighted by Crippen LogP contribution is -2.38. The van der Waals surface area contributed by atoms with E-state index in [0.29, 0.717) is 5.56 Å². The van der Waals surface area contributed by atoms with Crippen LogP contribution in [0, 0.1) is 0 Å². The van der Waals surface area contributed by atoms with Gasteiger partial charge in [-0.25, -0.2) is 4.79 Å². The smallest absolute Gasteiger partial charge is 0.338 e. The minimum atomic E-state index is -1.46. The molecule has 6 heteroatoms. The molecule has 3 N–H and O–H groups in total. The van der Waals surface area contributed by atoms with Crippen LogP contribution in [0.3, 0.4) is 0 Å². The zero-order valence-corrected chi connectivity index (χ0v) is 9.47. The van der Waals surface area contributed by atoms with Crippen molar-refractivity contribution in [3.63, 3.8) is 0 Å². The Labute approximate surface area is 103 Å². The van der Waals surface area contributed by atoms with Crippen LogP contribution < -0.4 is 0 Å². The van der Waals surface area contributed by atoms with Crippen molar-refractivity contribution in [3.8, 4) is 0 Å². The minimum absolute atomic E-state index is 0.322. The molecule has 2 rings (SSSR count). The third kappa shape index (κ3) is 2.51. The van der Waals surface area contributed by atoms with Gasteiger partial charge in [-0.05, 0) is 12.1 Å². The van der Waals surface area contributed by atoms with E-state index < -0.39 is 37.2 Å². The molecule has 0 spiro atoms. The van der Waals surface area contributed by atoms with Gasteiger partial charge in [0.05, 0.1) is 12.2 Å². The molecule has 1 fully saturated rings. The van der Waals surface area contributed by atoms with E-state index in [1.54, 1.807) is 30.3 Å². The number of hydrogen-bond acceptors (Lipinski definition) is 6. The normalized spacial score (nSPS) is 31.3. The summed E-state index contributed by atoms with van der Waals surface area (Å²) in [4.78, 5) is 11.8. The highest BCUT2D eigenvalue weighted by Crippen LogP contribution is 2.23. The van der Waals surface area contributed by atoms with E-state index >= 15 is 0 Å². The zero-order chi connectivity index (χ0) is 13.1. The Kier molecular flexibility index (Phi) is 3.93. The highest BCUT2D eigenvalue weighted by atomic mass is 16.7. The van der Waals surface area contributed by atoms with Crippen LogP contribution in [0.15, 0.2) is 30.3 Å². The van der Waals surface area contributed by atoms with Gasteiger partial charge in [-0.2, -0.15) is 0 Å². The van der Waals surface area contributed by atoms with E-state index in [-0.39, 0.29) is 0 Å². The molecule has 0 radical (unpaired) electrons. The molecule has 0 unspecified atom stereocenters. The molecule has 98 valence electrons. The third-order valence-corrected chi connectivity index (χ3v) is 2.74. The fraction of sp³-hybridized carbons (Fsp3) is 0.417. The van der Waals surface area contributed by atoms with E-state index in [4.69, 9.17) is 14.6 Å². The second-order valence-electron chi connectivity index (χ2n) is 3.97. The van der Waals surface area contributed by atoms with E-state index in [2.05, 4.69) is 0 Å². The van der Waals surface area contributed by atoms with Gasteiger partial charge < -0.3 is 24.8 Å². The molecule has 1 heterocycles. The van der Waals surface area contributed by atoms with Crippen LogP contribution in [0.1, 0.15) is 10.4 Å². The second kappa shape index (κ2) is 5.45. The first-order valence-corrected chi connectivity index (χ1v) is 5.52. The van der Waals surface area contributed by atoms with E-state index in [1.807, 2.05) is 0 Å². The minimum Gasteiger partial charge on any atom is -0.453 e. The van der Waals surface area contributed by atoms with Gasteiger partial charge in [0.1, 0.15) is 12.2 Å². The van der Waals surface area contributed by atoms with E-state index in [9.17, 15) is 15.0 Å². The Balaban J connectivity index is 2.06. The molecule has 0 saturated carbocycles. The van der Waals surface area contributed by atoms with Crippen molar-refractivity contribution < 1.29 is 29.6 Å². The topological polar surface area (TPSA) is 96.2 Å². The van der Waals surface area contributed by atoms with Gasteiger partial charge in [0.25, 0.3) is 0 Å². The number of aliphatic hydroxyl groups excluding tert-OH is 3. The quantitative estimate of drug-likeness (QED) is 0.616. The average Bonchev–Trinajstić information content (AvgIpc) is 2.67. The van der Waals surface area contributed by atoms with Crippen molar-refractivity contribution in [1.82, 2.24) is 0 Å². The van der Waals surface area contributed by atoms with Gasteiger partial charge in [-0.3, -0.25) is 0 Å². The number of ether oxygens (including phenoxy) is 2. The number of rotatable bonds is 3. The Hall–Kier alpha value is -1.47. The molecule has 0 amide bonds. The van der Waals surface area contributed by atoms with Crippen LogP contribution in [0.25, 0.3) is 0 Å². The lowest BCUT2D eigenvalue weighted by molar-refractivity contribution is -0.132. The lowest BCUT2D eigenvalue weighted by Gasteiger charge is -2.18. The summed E-state index contributed by atoms with van der Waals surface area (Å²) in [6, 6.07) is 8.24. The Morgan fingerprint density at radius 3 is 2.56 bits per heavy atom. The fourth-order valence-electron chi connectivity index (χ4n) is 1.78. The Morgan fingerprint density at radius 2 is 1.94 bits per heavy atom. The predicted octanol–water partition coefficient (Wildman–Crippen LogP) is -0.718. The summed E-state index contributed by atoms with van der Waals surface area (Å²) in [6.45, 7) is -0.457. The summed E-state index contributed by atoms with van der Waals surface area (Å²) in [5.41, 5.74) is 0.322. The first-order chi connectivity index (χ1) is 8.63. The summed E-state index contributed by atoms with van der Waals surface area (Å²) >= 11 is 0. The number of carbonyl (C=O) groups excluding carboxylic acids is 1. The molecular formula is C12H14O6. The molecule has 6 nitrogen and oxygen atoms in total. The maximum absolute atomic E-state index is 11.8. The van der Waals surface area contributed by atoms with Gasteiger partial charge in [-0.15, -0.1) is 0 Å². The molecular weight excluding hydrogens is 240 g/mol. The summed E-state index contributed by atoms with van der Waals surface area (Å²) in [5.74, 6) is -0.643. The third-order valence-electron chi connectivity index (χ3n) is 2.74. The van der Waals surface area contributed by atoms with Crippen molar-refractivity contribution in [3.05, 3.63) is 35.9 Å². The van der Waals surface area contributed by atoms with Crippen LogP contribution in [-0.4, -0.2) is 52.5 Å². The largest absolute Gasteiger partial charge is 0.453 e. The molecule has 18 heavy (non-hydrogen) atoms. The second-order valence-corrected chi connectivity index (χ2v) is 3.97. The number of benzene rings is 1. The Bertz CT molecular complexity index is 406. The molecule has 1 aliphatic rings. The maximum Gasteiger partial charge on any atom is 0.338 e. The molecule has 1 aromatic carbocycles. The van der Waals surface area contributed by atoms with Crippen molar-refractivity contribution >= 4 is 5.97 Å². The van der Waals surface area contributed by atoms with Gasteiger partial charge >= 0.3 is 5.97 Å². The van der Waals surface area contributed by atoms with E-state index in [0.717, 1.165) is 0 Å². The lowest BCUT2D eigenvalue weighted by atomic mass is 10.1. The van der Waals surface area contributed by atoms with Crippen molar-refractivity contribution in [2.45, 2.75) is 24.6 Å². The summed E-state index contributed by atoms with van der Waals surface area (Å²) < 4.78 is 9.90. The molecule has 0 aliphatic carbocycles. The molecule has 4 atom stereocenters. The number of aliphatic hydroxyl groups is 3. The van der Waals surface area contributed by atoms with Crippen molar-refractivity contribution in [1.29, 1.82) is 0 Å². The average molecular weight is 254 g/mol. The van der Waals surface area contributed by atoms with Gasteiger partial charge in [0.2, 0.25) is 0 Å². The van der Waals surface area contributed by atoms with Crippen LogP contribution in [0.4, 0.5) is 0 Å². The predicted molar refractivity (Wildman–Crippen MR) is 59.6 cm³/mol. The number of esters is 1. The molecule has 0 bridgehead atoms. The van der Waals surface area contributed by atoms with Crippen LogP contribution in [-0.2, 0) is 9.47 Å². The summed E-state index contributed by atoms with van der Waals surface area (Å²) in [6.07, 6.45) is -4.84. The molecule has 1 aromatic rings. The van der Waals surface area contributed by atoms with Gasteiger partial charge in [-0.1, -0.05) is 18.2 Å². The monoisotopic (exact) mass is 254 g/mol. The van der Waals surface area contributed by atoms with Crippen LogP contribution in [0.5, 0.6) is 0 Å². The highest BCUT2D eigenvalue weighted by Gasteiger charge is 2.45. The Morgan fingerprint density at radius 1 is 1.28 bits per heavy atom. The standard InChI is InChI=1S/C12H14O6/c13-6-8-10(9(14)12(16)17-8)18-11(15)7-4-2-1-3-5-7/h1-5,8-10,12-14,16H,6H2/t8-,9+,10-,12+/m1/s1. The SMILES string of the molecule is O=C(O[C@H]1[C@H](O)[C@@H](O)O[C@@H]1CO)c1ccccc1. The fourth-order valence-corrected chi connectivity index (χ4v) is 1.78. The zero-order valence-electron chi connectivity index (χ0n) is 9.47. The van der Waals surface area contributed by atoms with Gasteiger partial charge in [0.15, 0.2) is 12.4 Å². The molecule has 1 aliphatic heterocycles. The van der Waals surface area contributed by atoms with Crippen molar-refractivity contribution in [2.75, 3.05) is 6.61 Å². The van der Waals surface area contributed by atoms with Crippen LogP contribution >= 0.6 is 0 Å². The highest BCUT2D eigenvalue weighted by molar-refractivity contribution is 5.89. The maximum atomic E-state index is 11.8. The number of hydrogen-bond donors (Lipinski definition) is 3. The summed E-state index contributed by atoms with van der Waals surface area (Å²) in [7, 11) is 0. The molecule has 0 aromatic heterocycles. The van der Waals surface area contributed by atoms with E-state index in [1.165, 1.54) is 0 Å². The van der Waals surface area contributed by atoms with Gasteiger partial charge in [0, 0.05) is 0 Å². The molecule has 1 saturated heterocycles. The first-order valence-electron chi connectivity index (χ1n) is 5.52.